The number of ether oxygens (including phenoxy) is 1. The molecule has 1 atom stereocenters. The van der Waals surface area contributed by atoms with Crippen molar-refractivity contribution in [3.8, 4) is 0 Å². The van der Waals surface area contributed by atoms with Crippen LogP contribution in [0.25, 0.3) is 0 Å². The van der Waals surface area contributed by atoms with Crippen LogP contribution in [0.4, 0.5) is 0 Å². The predicted molar refractivity (Wildman–Crippen MR) is 72.9 cm³/mol. The second-order valence-corrected chi connectivity index (χ2v) is 4.59. The van der Waals surface area contributed by atoms with Crippen LogP contribution in [0.2, 0.25) is 0 Å². The fourth-order valence-corrected chi connectivity index (χ4v) is 1.97. The zero-order valence-corrected chi connectivity index (χ0v) is 12.2. The lowest BCUT2D eigenvalue weighted by atomic mass is 9.90. The van der Waals surface area contributed by atoms with Crippen molar-refractivity contribution < 1.29 is 14.6 Å². The fourth-order valence-electron chi connectivity index (χ4n) is 1.97. The molecule has 0 heterocycles. The lowest BCUT2D eigenvalue weighted by Gasteiger charge is -2.28. The maximum Gasteiger partial charge on any atom is 0.323 e. The molecule has 0 aliphatic heterocycles. The van der Waals surface area contributed by atoms with Gasteiger partial charge in [0, 0.05) is 13.2 Å². The van der Waals surface area contributed by atoms with E-state index in [1.807, 2.05) is 20.9 Å². The first-order valence-corrected chi connectivity index (χ1v) is 6.71. The van der Waals surface area contributed by atoms with Gasteiger partial charge in [-0.1, -0.05) is 6.92 Å². The first-order chi connectivity index (χ1) is 8.52. The molecule has 0 fully saturated rings. The summed E-state index contributed by atoms with van der Waals surface area (Å²) >= 11 is 0. The summed E-state index contributed by atoms with van der Waals surface area (Å²) in [6, 6.07) is 0. The Morgan fingerprint density at radius 3 is 2.50 bits per heavy atom. The molecular formula is C13H28N2O3. The summed E-state index contributed by atoms with van der Waals surface area (Å²) in [7, 11) is 3.75. The Bertz CT molecular complexity index is 230. The van der Waals surface area contributed by atoms with Gasteiger partial charge in [-0.25, -0.2) is 0 Å². The number of carboxylic acid groups (broad SMARTS) is 1. The van der Waals surface area contributed by atoms with Crippen molar-refractivity contribution in [2.24, 2.45) is 0 Å². The maximum absolute atomic E-state index is 11.3. The number of hydrogen-bond acceptors (Lipinski definition) is 4. The summed E-state index contributed by atoms with van der Waals surface area (Å²) in [5.41, 5.74) is -0.777. The van der Waals surface area contributed by atoms with Gasteiger partial charge in [-0.3, -0.25) is 4.79 Å². The van der Waals surface area contributed by atoms with Crippen molar-refractivity contribution in [2.75, 3.05) is 40.4 Å². The topological polar surface area (TPSA) is 61.8 Å². The Morgan fingerprint density at radius 2 is 2.06 bits per heavy atom. The normalized spacial score (nSPS) is 14.7. The minimum absolute atomic E-state index is 0.599. The number of rotatable bonds is 11. The molecule has 2 N–H and O–H groups in total. The van der Waals surface area contributed by atoms with Gasteiger partial charge in [0.05, 0.1) is 6.61 Å². The van der Waals surface area contributed by atoms with Crippen LogP contribution in [-0.2, 0) is 9.53 Å². The highest BCUT2D eigenvalue weighted by atomic mass is 16.5. The molecule has 0 spiro atoms. The van der Waals surface area contributed by atoms with E-state index >= 15 is 0 Å². The van der Waals surface area contributed by atoms with Crippen molar-refractivity contribution in [1.82, 2.24) is 10.2 Å². The summed E-state index contributed by atoms with van der Waals surface area (Å²) in [6.07, 6.45) is 2.11. The van der Waals surface area contributed by atoms with Gasteiger partial charge in [-0.2, -0.15) is 0 Å². The van der Waals surface area contributed by atoms with Gasteiger partial charge in [0.15, 0.2) is 0 Å². The van der Waals surface area contributed by atoms with E-state index in [1.54, 1.807) is 7.05 Å². The third kappa shape index (κ3) is 5.80. The van der Waals surface area contributed by atoms with Gasteiger partial charge >= 0.3 is 5.97 Å². The number of carbonyl (C=O) groups is 1. The summed E-state index contributed by atoms with van der Waals surface area (Å²) < 4.78 is 5.28. The second kappa shape index (κ2) is 9.30. The van der Waals surface area contributed by atoms with Crippen LogP contribution in [0.15, 0.2) is 0 Å². The minimum Gasteiger partial charge on any atom is -0.480 e. The molecule has 18 heavy (non-hydrogen) atoms. The van der Waals surface area contributed by atoms with E-state index in [0.717, 1.165) is 32.7 Å². The molecule has 0 aliphatic rings. The quantitative estimate of drug-likeness (QED) is 0.546. The smallest absolute Gasteiger partial charge is 0.323 e. The summed E-state index contributed by atoms with van der Waals surface area (Å²) in [5, 5.41) is 12.2. The average Bonchev–Trinajstić information content (AvgIpc) is 2.35. The average molecular weight is 260 g/mol. The van der Waals surface area contributed by atoms with Crippen LogP contribution in [0, 0.1) is 0 Å². The van der Waals surface area contributed by atoms with Crippen LogP contribution in [0.5, 0.6) is 0 Å². The van der Waals surface area contributed by atoms with Crippen LogP contribution >= 0.6 is 0 Å². The Labute approximate surface area is 110 Å². The van der Waals surface area contributed by atoms with E-state index < -0.39 is 11.5 Å². The van der Waals surface area contributed by atoms with E-state index in [4.69, 9.17) is 4.74 Å². The van der Waals surface area contributed by atoms with Crippen LogP contribution in [-0.4, -0.2) is 61.9 Å². The van der Waals surface area contributed by atoms with Gasteiger partial charge in [0.1, 0.15) is 5.54 Å². The molecular weight excluding hydrogens is 232 g/mol. The molecule has 0 radical (unpaired) electrons. The third-order valence-corrected chi connectivity index (χ3v) is 3.46. The van der Waals surface area contributed by atoms with Gasteiger partial charge < -0.3 is 20.1 Å². The molecule has 0 amide bonds. The Hall–Kier alpha value is -0.650. The predicted octanol–water partition coefficient (Wildman–Crippen LogP) is 1.19. The molecule has 0 rings (SSSR count). The minimum atomic E-state index is -0.777. The van der Waals surface area contributed by atoms with E-state index in [-0.39, 0.29) is 0 Å². The number of carboxylic acids is 1. The van der Waals surface area contributed by atoms with E-state index in [1.165, 1.54) is 0 Å². The molecule has 5 nitrogen and oxygen atoms in total. The van der Waals surface area contributed by atoms with Crippen LogP contribution in [0.3, 0.4) is 0 Å². The summed E-state index contributed by atoms with van der Waals surface area (Å²) in [6.45, 7) is 7.14. The molecule has 1 unspecified atom stereocenters. The van der Waals surface area contributed by atoms with Crippen LogP contribution < -0.4 is 5.32 Å². The standard InChI is InChI=1S/C13H28N2O3/c1-5-13(14-3,12(16)17)8-7-9-15(4)10-11-18-6-2/h14H,5-11H2,1-4H3,(H,16,17). The van der Waals surface area contributed by atoms with Gasteiger partial charge in [0.25, 0.3) is 0 Å². The molecule has 0 aromatic carbocycles. The monoisotopic (exact) mass is 260 g/mol. The molecule has 0 saturated carbocycles. The lowest BCUT2D eigenvalue weighted by molar-refractivity contribution is -0.145. The van der Waals surface area contributed by atoms with Crippen molar-refractivity contribution in [1.29, 1.82) is 0 Å². The van der Waals surface area contributed by atoms with Crippen LogP contribution in [0.1, 0.15) is 33.1 Å². The molecule has 0 aliphatic carbocycles. The van der Waals surface area contributed by atoms with Crippen molar-refractivity contribution >= 4 is 5.97 Å². The number of aliphatic carboxylic acids is 1. The van der Waals surface area contributed by atoms with Gasteiger partial charge in [-0.15, -0.1) is 0 Å². The van der Waals surface area contributed by atoms with E-state index in [2.05, 4.69) is 10.2 Å². The SMILES string of the molecule is CCOCCN(C)CCCC(CC)(NC)C(=O)O. The maximum atomic E-state index is 11.3. The lowest BCUT2D eigenvalue weighted by Crippen LogP contribution is -2.50. The van der Waals surface area contributed by atoms with Gasteiger partial charge in [-0.05, 0) is 46.8 Å². The highest BCUT2D eigenvalue weighted by molar-refractivity contribution is 5.78. The Morgan fingerprint density at radius 1 is 1.39 bits per heavy atom. The zero-order valence-electron chi connectivity index (χ0n) is 12.2. The van der Waals surface area contributed by atoms with Crippen molar-refractivity contribution in [3.63, 3.8) is 0 Å². The van der Waals surface area contributed by atoms with Gasteiger partial charge in [0.2, 0.25) is 0 Å². The van der Waals surface area contributed by atoms with E-state index in [0.29, 0.717) is 12.8 Å². The molecule has 0 aromatic heterocycles. The highest BCUT2D eigenvalue weighted by Crippen LogP contribution is 2.17. The molecule has 108 valence electrons. The summed E-state index contributed by atoms with van der Waals surface area (Å²) in [5.74, 6) is -0.760. The fraction of sp³-hybridized carbons (Fsp3) is 0.923. The molecule has 5 heteroatoms. The Kier molecular flexibility index (Phi) is 8.97. The molecule has 0 aromatic rings. The van der Waals surface area contributed by atoms with Crippen molar-refractivity contribution in [3.05, 3.63) is 0 Å². The molecule has 0 saturated heterocycles. The summed E-state index contributed by atoms with van der Waals surface area (Å²) in [4.78, 5) is 13.4. The number of hydrogen-bond donors (Lipinski definition) is 2. The second-order valence-electron chi connectivity index (χ2n) is 4.59. The third-order valence-electron chi connectivity index (χ3n) is 3.46. The number of nitrogens with zero attached hydrogens (tertiary/aromatic N) is 1. The zero-order chi connectivity index (χ0) is 14.0. The number of nitrogens with one attached hydrogen (secondary N) is 1. The van der Waals surface area contributed by atoms with Crippen molar-refractivity contribution in [2.45, 2.75) is 38.6 Å². The molecule has 0 bridgehead atoms. The first-order valence-electron chi connectivity index (χ1n) is 6.71. The first kappa shape index (κ1) is 17.4. The van der Waals surface area contributed by atoms with E-state index in [9.17, 15) is 9.90 Å². The highest BCUT2D eigenvalue weighted by Gasteiger charge is 2.34. The largest absolute Gasteiger partial charge is 0.480 e. The number of likely N-dealkylation sites (N-methyl/N-ethyl adjacent to an activating group) is 2. The Balaban J connectivity index is 3.96.